The monoisotopic (exact) mass is 473 g/mol. The van der Waals surface area contributed by atoms with E-state index in [0.717, 1.165) is 5.75 Å². The summed E-state index contributed by atoms with van der Waals surface area (Å²) in [5.41, 5.74) is -0.652. The van der Waals surface area contributed by atoms with Crippen molar-refractivity contribution in [2.45, 2.75) is 71.6 Å². The highest BCUT2D eigenvalue weighted by Gasteiger charge is 2.34. The Kier molecular flexibility index (Phi) is 11.3. The number of rotatable bonds is 9. The summed E-state index contributed by atoms with van der Waals surface area (Å²) in [6.45, 7) is 9.81. The Morgan fingerprint density at radius 1 is 1.09 bits per heavy atom. The van der Waals surface area contributed by atoms with Gasteiger partial charge in [0.25, 0.3) is 0 Å². The van der Waals surface area contributed by atoms with Crippen LogP contribution in [0.5, 0.6) is 0 Å². The molecule has 3 amide bonds. The Hall–Kier alpha value is -1.97. The van der Waals surface area contributed by atoms with E-state index in [1.165, 1.54) is 7.11 Å². The van der Waals surface area contributed by atoms with E-state index in [0.29, 0.717) is 32.4 Å². The number of carbonyl (C=O) groups is 4. The number of likely N-dealkylation sites (tertiary alicyclic amines) is 1. The lowest BCUT2D eigenvalue weighted by Gasteiger charge is -2.34. The number of hydrogen-bond acceptors (Lipinski definition) is 7. The molecule has 0 radical (unpaired) electrons. The van der Waals surface area contributed by atoms with Gasteiger partial charge in [-0.25, -0.2) is 9.59 Å². The second kappa shape index (κ2) is 12.9. The zero-order chi connectivity index (χ0) is 24.5. The van der Waals surface area contributed by atoms with Gasteiger partial charge in [-0.15, -0.1) is 0 Å². The van der Waals surface area contributed by atoms with Gasteiger partial charge in [-0.1, -0.05) is 13.8 Å². The maximum Gasteiger partial charge on any atom is 0.408 e. The molecule has 9 nitrogen and oxygen atoms in total. The van der Waals surface area contributed by atoms with Gasteiger partial charge in [0.05, 0.1) is 7.11 Å². The van der Waals surface area contributed by atoms with Crippen LogP contribution in [0.25, 0.3) is 0 Å². The largest absolute Gasteiger partial charge is 0.467 e. The summed E-state index contributed by atoms with van der Waals surface area (Å²) in [7, 11) is 1.30. The van der Waals surface area contributed by atoms with Crippen LogP contribution in [0.1, 0.15) is 53.9 Å². The Balaban J connectivity index is 2.69. The number of thioether (sulfide) groups is 1. The van der Waals surface area contributed by atoms with Gasteiger partial charge in [0.15, 0.2) is 0 Å². The standard InChI is InChI=1S/C22H39N3O6S/c1-14(2)17(20(28)30-6)24-18(26)15-8-11-25(12-9-15)19(27)16(10-13-32-7)23-21(29)31-22(3,4)5/h14-17H,8-13H2,1-7H3,(H,23,29)(H,24,26)/t16-,17-/m0/s1. The van der Waals surface area contributed by atoms with E-state index in [9.17, 15) is 19.2 Å². The number of carbonyl (C=O) groups excluding carboxylic acids is 4. The highest BCUT2D eigenvalue weighted by atomic mass is 32.2. The first-order valence-electron chi connectivity index (χ1n) is 11.0. The van der Waals surface area contributed by atoms with Gasteiger partial charge in [0, 0.05) is 19.0 Å². The van der Waals surface area contributed by atoms with E-state index in [4.69, 9.17) is 9.47 Å². The fourth-order valence-corrected chi connectivity index (χ4v) is 3.89. The maximum atomic E-state index is 13.1. The van der Waals surface area contributed by atoms with Crippen LogP contribution in [0.2, 0.25) is 0 Å². The quantitative estimate of drug-likeness (QED) is 0.493. The van der Waals surface area contributed by atoms with E-state index in [1.54, 1.807) is 37.4 Å². The average molecular weight is 474 g/mol. The van der Waals surface area contributed by atoms with Crippen LogP contribution in [-0.4, -0.2) is 78.7 Å². The molecule has 0 bridgehead atoms. The van der Waals surface area contributed by atoms with Crippen molar-refractivity contribution in [2.75, 3.05) is 32.2 Å². The molecule has 1 saturated heterocycles. The summed E-state index contributed by atoms with van der Waals surface area (Å²) in [6, 6.07) is -1.37. The summed E-state index contributed by atoms with van der Waals surface area (Å²) in [6.07, 6.45) is 2.80. The lowest BCUT2D eigenvalue weighted by molar-refractivity contribution is -0.147. The molecule has 0 aliphatic carbocycles. The molecule has 1 fully saturated rings. The van der Waals surface area contributed by atoms with Crippen molar-refractivity contribution in [3.8, 4) is 0 Å². The zero-order valence-electron chi connectivity index (χ0n) is 20.4. The molecule has 0 aromatic carbocycles. The molecule has 1 rings (SSSR count). The first-order valence-corrected chi connectivity index (χ1v) is 12.4. The number of hydrogen-bond donors (Lipinski definition) is 2. The molecule has 0 aromatic rings. The first kappa shape index (κ1) is 28.1. The number of nitrogens with zero attached hydrogens (tertiary/aromatic N) is 1. The van der Waals surface area contributed by atoms with Crippen molar-refractivity contribution in [3.05, 3.63) is 0 Å². The van der Waals surface area contributed by atoms with Gasteiger partial charge in [-0.3, -0.25) is 9.59 Å². The van der Waals surface area contributed by atoms with Gasteiger partial charge < -0.3 is 25.0 Å². The van der Waals surface area contributed by atoms with Crippen molar-refractivity contribution < 1.29 is 28.7 Å². The van der Waals surface area contributed by atoms with Crippen LogP contribution >= 0.6 is 11.8 Å². The van der Waals surface area contributed by atoms with Gasteiger partial charge in [0.2, 0.25) is 11.8 Å². The lowest BCUT2D eigenvalue weighted by atomic mass is 9.94. The van der Waals surface area contributed by atoms with Crippen LogP contribution in [0.4, 0.5) is 4.79 Å². The Bertz CT molecular complexity index is 657. The topological polar surface area (TPSA) is 114 Å². The van der Waals surface area contributed by atoms with Crippen molar-refractivity contribution in [3.63, 3.8) is 0 Å². The van der Waals surface area contributed by atoms with Crippen molar-refractivity contribution >= 4 is 35.6 Å². The molecule has 1 aliphatic heterocycles. The van der Waals surface area contributed by atoms with E-state index in [-0.39, 0.29) is 23.7 Å². The molecule has 2 N–H and O–H groups in total. The highest BCUT2D eigenvalue weighted by molar-refractivity contribution is 7.98. The fraction of sp³-hybridized carbons (Fsp3) is 0.818. The first-order chi connectivity index (χ1) is 14.9. The van der Waals surface area contributed by atoms with Gasteiger partial charge in [-0.2, -0.15) is 11.8 Å². The summed E-state index contributed by atoms with van der Waals surface area (Å²) in [4.78, 5) is 51.5. The third-order valence-corrected chi connectivity index (χ3v) is 5.84. The number of amides is 3. The lowest BCUT2D eigenvalue weighted by Crippen LogP contribution is -2.53. The fourth-order valence-electron chi connectivity index (χ4n) is 3.42. The van der Waals surface area contributed by atoms with Crippen LogP contribution in [0, 0.1) is 11.8 Å². The van der Waals surface area contributed by atoms with Crippen molar-refractivity contribution in [2.24, 2.45) is 11.8 Å². The van der Waals surface area contributed by atoms with Crippen LogP contribution in [-0.2, 0) is 23.9 Å². The number of piperidine rings is 1. The summed E-state index contributed by atoms with van der Waals surface area (Å²) < 4.78 is 10.1. The minimum absolute atomic E-state index is 0.0933. The number of nitrogens with one attached hydrogen (secondary N) is 2. The highest BCUT2D eigenvalue weighted by Crippen LogP contribution is 2.20. The molecule has 1 heterocycles. The summed E-state index contributed by atoms with van der Waals surface area (Å²) in [5.74, 6) is -0.497. The molecule has 10 heteroatoms. The van der Waals surface area contributed by atoms with E-state index < -0.39 is 29.7 Å². The molecule has 0 saturated carbocycles. The van der Waals surface area contributed by atoms with Gasteiger partial charge in [-0.05, 0) is 58.0 Å². The summed E-state index contributed by atoms with van der Waals surface area (Å²) in [5, 5.41) is 5.49. The van der Waals surface area contributed by atoms with Gasteiger partial charge in [0.1, 0.15) is 17.7 Å². The van der Waals surface area contributed by atoms with Crippen molar-refractivity contribution in [1.82, 2.24) is 15.5 Å². The SMILES string of the molecule is COC(=O)[C@@H](NC(=O)C1CCN(C(=O)[C@H](CCSC)NC(=O)OC(C)(C)C)CC1)C(C)C. The Morgan fingerprint density at radius 3 is 2.16 bits per heavy atom. The number of alkyl carbamates (subject to hydrolysis) is 1. The second-order valence-corrected chi connectivity index (χ2v) is 10.3. The minimum atomic E-state index is -0.693. The van der Waals surface area contributed by atoms with E-state index in [1.807, 2.05) is 20.1 Å². The Morgan fingerprint density at radius 2 is 1.69 bits per heavy atom. The number of ether oxygens (including phenoxy) is 2. The van der Waals surface area contributed by atoms with E-state index in [2.05, 4.69) is 10.6 Å². The minimum Gasteiger partial charge on any atom is -0.467 e. The smallest absolute Gasteiger partial charge is 0.408 e. The molecule has 2 atom stereocenters. The average Bonchev–Trinajstić information content (AvgIpc) is 2.72. The third-order valence-electron chi connectivity index (χ3n) is 5.20. The molecule has 1 aliphatic rings. The van der Waals surface area contributed by atoms with E-state index >= 15 is 0 Å². The van der Waals surface area contributed by atoms with Crippen LogP contribution in [0.15, 0.2) is 0 Å². The predicted molar refractivity (Wildman–Crippen MR) is 124 cm³/mol. The molecule has 0 aromatic heterocycles. The molecule has 184 valence electrons. The maximum absolute atomic E-state index is 13.1. The molecular formula is C22H39N3O6S. The number of esters is 1. The molecule has 32 heavy (non-hydrogen) atoms. The van der Waals surface area contributed by atoms with Gasteiger partial charge >= 0.3 is 12.1 Å². The third kappa shape index (κ3) is 9.26. The van der Waals surface area contributed by atoms with Crippen molar-refractivity contribution in [1.29, 1.82) is 0 Å². The zero-order valence-corrected chi connectivity index (χ0v) is 21.2. The second-order valence-electron chi connectivity index (χ2n) is 9.33. The molecule has 0 spiro atoms. The van der Waals surface area contributed by atoms with Crippen LogP contribution in [0.3, 0.4) is 0 Å². The molecule has 0 unspecified atom stereocenters. The predicted octanol–water partition coefficient (Wildman–Crippen LogP) is 2.19. The normalized spacial score (nSPS) is 16.8. The Labute approximate surface area is 195 Å². The van der Waals surface area contributed by atoms with Crippen LogP contribution < -0.4 is 10.6 Å². The molecular weight excluding hydrogens is 434 g/mol. The summed E-state index contributed by atoms with van der Waals surface area (Å²) >= 11 is 1.60. The number of methoxy groups -OCH3 is 1.